The Morgan fingerprint density at radius 3 is 2.48 bits per heavy atom. The number of ether oxygens (including phenoxy) is 1. The zero-order valence-electron chi connectivity index (χ0n) is 14.3. The predicted octanol–water partition coefficient (Wildman–Crippen LogP) is 3.50. The van der Waals surface area contributed by atoms with Gasteiger partial charge in [-0.05, 0) is 61.4 Å². The fraction of sp³-hybridized carbons (Fsp3) is 0.400. The number of hydrogen-bond donors (Lipinski definition) is 4. The van der Waals surface area contributed by atoms with E-state index in [4.69, 9.17) is 4.74 Å². The highest BCUT2D eigenvalue weighted by molar-refractivity contribution is 5.81. The largest absolute Gasteiger partial charge is 0.507 e. The molecule has 0 saturated heterocycles. The second kappa shape index (κ2) is 7.23. The third-order valence-electron chi connectivity index (χ3n) is 4.86. The SMILES string of the molecule is COc1c(O)c2cc(c1O)-c1cc(ccc1O)CC[C@@H](O)CCCC2. The van der Waals surface area contributed by atoms with Crippen molar-refractivity contribution in [2.75, 3.05) is 7.11 Å². The Morgan fingerprint density at radius 2 is 1.72 bits per heavy atom. The minimum Gasteiger partial charge on any atom is -0.507 e. The Morgan fingerprint density at radius 1 is 0.920 bits per heavy atom. The highest BCUT2D eigenvalue weighted by atomic mass is 16.5. The lowest BCUT2D eigenvalue weighted by Gasteiger charge is -2.16. The van der Waals surface area contributed by atoms with Gasteiger partial charge in [-0.3, -0.25) is 0 Å². The van der Waals surface area contributed by atoms with E-state index < -0.39 is 0 Å². The van der Waals surface area contributed by atoms with Crippen LogP contribution in [0.3, 0.4) is 0 Å². The Kier molecular flexibility index (Phi) is 5.04. The number of methoxy groups -OCH3 is 1. The molecule has 1 aliphatic rings. The van der Waals surface area contributed by atoms with Gasteiger partial charge < -0.3 is 25.2 Å². The van der Waals surface area contributed by atoms with Crippen LogP contribution in [0.25, 0.3) is 11.1 Å². The normalized spacial score (nSPS) is 17.9. The number of rotatable bonds is 1. The van der Waals surface area contributed by atoms with E-state index in [1.807, 2.05) is 12.1 Å². The van der Waals surface area contributed by atoms with Gasteiger partial charge in [0.15, 0.2) is 11.5 Å². The lowest BCUT2D eigenvalue weighted by atomic mass is 9.95. The van der Waals surface area contributed by atoms with Crippen LogP contribution in [0.2, 0.25) is 0 Å². The topological polar surface area (TPSA) is 90.2 Å². The maximum absolute atomic E-state index is 10.5. The van der Waals surface area contributed by atoms with Crippen molar-refractivity contribution in [2.24, 2.45) is 0 Å². The molecule has 2 aromatic carbocycles. The summed E-state index contributed by atoms with van der Waals surface area (Å²) < 4.78 is 5.19. The molecular weight excluding hydrogens is 320 g/mol. The van der Waals surface area contributed by atoms with E-state index in [9.17, 15) is 20.4 Å². The quantitative estimate of drug-likeness (QED) is 0.636. The number of aromatic hydroxyl groups is 3. The molecule has 0 heterocycles. The molecule has 1 atom stereocenters. The van der Waals surface area contributed by atoms with Crippen molar-refractivity contribution < 1.29 is 25.2 Å². The van der Waals surface area contributed by atoms with Crippen LogP contribution in [0.5, 0.6) is 23.0 Å². The van der Waals surface area contributed by atoms with Crippen molar-refractivity contribution in [2.45, 2.75) is 44.6 Å². The number of fused-ring (bicyclic) bond motifs is 5. The number of benzene rings is 2. The zero-order valence-corrected chi connectivity index (χ0v) is 14.3. The highest BCUT2D eigenvalue weighted by Gasteiger charge is 2.21. The zero-order chi connectivity index (χ0) is 18.0. The van der Waals surface area contributed by atoms with Crippen LogP contribution in [0.1, 0.15) is 36.8 Å². The van der Waals surface area contributed by atoms with Crippen molar-refractivity contribution in [1.29, 1.82) is 0 Å². The van der Waals surface area contributed by atoms with Gasteiger partial charge in [0.1, 0.15) is 5.75 Å². The van der Waals surface area contributed by atoms with Crippen LogP contribution in [0.4, 0.5) is 0 Å². The first-order valence-corrected chi connectivity index (χ1v) is 8.63. The molecule has 5 nitrogen and oxygen atoms in total. The minimum atomic E-state index is -0.363. The number of phenols is 3. The average Bonchev–Trinajstić information content (AvgIpc) is 2.60. The summed E-state index contributed by atoms with van der Waals surface area (Å²) in [7, 11) is 1.39. The summed E-state index contributed by atoms with van der Waals surface area (Å²) in [5.74, 6) is -0.193. The number of aryl methyl sites for hydroxylation is 2. The van der Waals surface area contributed by atoms with Crippen LogP contribution >= 0.6 is 0 Å². The van der Waals surface area contributed by atoms with E-state index in [2.05, 4.69) is 0 Å². The van der Waals surface area contributed by atoms with E-state index in [1.165, 1.54) is 7.11 Å². The molecule has 0 unspecified atom stereocenters. The van der Waals surface area contributed by atoms with Gasteiger partial charge in [-0.15, -0.1) is 0 Å². The Bertz CT molecular complexity index is 769. The number of aliphatic hydroxyl groups is 1. The summed E-state index contributed by atoms with van der Waals surface area (Å²) in [5, 5.41) is 41.3. The van der Waals surface area contributed by atoms with Crippen LogP contribution in [-0.2, 0) is 12.8 Å². The second-order valence-corrected chi connectivity index (χ2v) is 6.60. The number of phenolic OH excluding ortho intramolecular Hbond substituents is 3. The summed E-state index contributed by atoms with van der Waals surface area (Å²) in [6, 6.07) is 6.94. The van der Waals surface area contributed by atoms with Gasteiger partial charge in [0.2, 0.25) is 5.75 Å². The van der Waals surface area contributed by atoms with Crippen molar-refractivity contribution in [3.8, 4) is 34.1 Å². The lowest BCUT2D eigenvalue weighted by molar-refractivity contribution is 0.151. The fourth-order valence-electron chi connectivity index (χ4n) is 3.41. The first-order chi connectivity index (χ1) is 12.0. The molecule has 4 N–H and O–H groups in total. The van der Waals surface area contributed by atoms with Gasteiger partial charge in [-0.2, -0.15) is 0 Å². The van der Waals surface area contributed by atoms with E-state index in [-0.39, 0.29) is 29.1 Å². The molecule has 0 amide bonds. The van der Waals surface area contributed by atoms with E-state index >= 15 is 0 Å². The van der Waals surface area contributed by atoms with Gasteiger partial charge in [-0.1, -0.05) is 12.5 Å². The highest BCUT2D eigenvalue weighted by Crippen LogP contribution is 2.48. The smallest absolute Gasteiger partial charge is 0.203 e. The summed E-state index contributed by atoms with van der Waals surface area (Å²) in [6.07, 6.45) is 3.96. The van der Waals surface area contributed by atoms with E-state index in [0.717, 1.165) is 18.4 Å². The molecule has 25 heavy (non-hydrogen) atoms. The molecule has 0 spiro atoms. The molecule has 134 valence electrons. The third kappa shape index (κ3) is 3.51. The maximum Gasteiger partial charge on any atom is 0.203 e. The average molecular weight is 344 g/mol. The predicted molar refractivity (Wildman–Crippen MR) is 95.3 cm³/mol. The molecule has 0 aliphatic heterocycles. The Balaban J connectivity index is 2.18. The standard InChI is InChI=1S/C20H24O5/c1-25-20-18(23)13-4-2-3-5-14(21)8-6-12-7-9-17(22)15(10-12)16(11-13)19(20)24/h7,9-11,14,21-24H,2-6,8H2,1H3/t14-/m0/s1. The molecule has 2 aromatic rings. The maximum atomic E-state index is 10.5. The molecule has 1 aliphatic carbocycles. The molecule has 0 saturated carbocycles. The van der Waals surface area contributed by atoms with Crippen molar-refractivity contribution in [3.63, 3.8) is 0 Å². The molecule has 0 radical (unpaired) electrons. The van der Waals surface area contributed by atoms with Gasteiger partial charge in [0, 0.05) is 11.1 Å². The Hall–Kier alpha value is -2.40. The van der Waals surface area contributed by atoms with E-state index in [0.29, 0.717) is 42.4 Å². The van der Waals surface area contributed by atoms with Crippen molar-refractivity contribution in [1.82, 2.24) is 0 Å². The molecular formula is C20H24O5. The lowest BCUT2D eigenvalue weighted by Crippen LogP contribution is -2.08. The molecule has 0 fully saturated rings. The van der Waals surface area contributed by atoms with Crippen LogP contribution < -0.4 is 4.74 Å². The fourth-order valence-corrected chi connectivity index (χ4v) is 3.41. The molecule has 4 bridgehead atoms. The van der Waals surface area contributed by atoms with Gasteiger partial charge in [0.05, 0.1) is 13.2 Å². The van der Waals surface area contributed by atoms with Gasteiger partial charge >= 0.3 is 0 Å². The Labute approximate surface area is 147 Å². The third-order valence-corrected chi connectivity index (χ3v) is 4.86. The summed E-state index contributed by atoms with van der Waals surface area (Å²) >= 11 is 0. The van der Waals surface area contributed by atoms with Crippen molar-refractivity contribution in [3.05, 3.63) is 35.4 Å². The molecule has 3 rings (SSSR count). The van der Waals surface area contributed by atoms with Crippen LogP contribution in [0.15, 0.2) is 24.3 Å². The van der Waals surface area contributed by atoms with Crippen molar-refractivity contribution >= 4 is 0 Å². The van der Waals surface area contributed by atoms with Gasteiger partial charge in [-0.25, -0.2) is 0 Å². The number of hydrogen-bond acceptors (Lipinski definition) is 5. The number of aliphatic hydroxyl groups excluding tert-OH is 1. The first kappa shape index (κ1) is 17.4. The first-order valence-electron chi connectivity index (χ1n) is 8.63. The van der Waals surface area contributed by atoms with E-state index in [1.54, 1.807) is 12.1 Å². The monoisotopic (exact) mass is 344 g/mol. The summed E-state index contributed by atoms with van der Waals surface area (Å²) in [6.45, 7) is 0. The van der Waals surface area contributed by atoms with Gasteiger partial charge in [0.25, 0.3) is 0 Å². The summed E-state index contributed by atoms with van der Waals surface area (Å²) in [5.41, 5.74) is 2.55. The van der Waals surface area contributed by atoms with Crippen LogP contribution in [-0.4, -0.2) is 33.6 Å². The molecule has 5 heteroatoms. The minimum absolute atomic E-state index is 0.0206. The second-order valence-electron chi connectivity index (χ2n) is 6.60. The summed E-state index contributed by atoms with van der Waals surface area (Å²) in [4.78, 5) is 0. The molecule has 0 aromatic heterocycles. The van der Waals surface area contributed by atoms with Crippen LogP contribution in [0, 0.1) is 0 Å².